The highest BCUT2D eigenvalue weighted by molar-refractivity contribution is 6.31. The fourth-order valence-corrected chi connectivity index (χ4v) is 2.23. The third-order valence-electron chi connectivity index (χ3n) is 3.17. The Bertz CT molecular complexity index is 646. The first-order valence-electron chi connectivity index (χ1n) is 6.13. The van der Waals surface area contributed by atoms with Crippen molar-refractivity contribution in [3.05, 3.63) is 46.0 Å². The predicted molar refractivity (Wildman–Crippen MR) is 76.4 cm³/mol. The maximum Gasteiger partial charge on any atom is 0.229 e. The summed E-state index contributed by atoms with van der Waals surface area (Å²) in [5, 5.41) is 7.21. The van der Waals surface area contributed by atoms with E-state index in [-0.39, 0.29) is 22.9 Å². The normalized spacial score (nSPS) is 10.7. The van der Waals surface area contributed by atoms with E-state index in [9.17, 15) is 9.18 Å². The zero-order valence-electron chi connectivity index (χ0n) is 11.5. The van der Waals surface area contributed by atoms with Crippen molar-refractivity contribution in [2.75, 3.05) is 5.32 Å². The lowest BCUT2D eigenvalue weighted by Gasteiger charge is -2.08. The first kappa shape index (κ1) is 14.5. The molecule has 0 spiro atoms. The van der Waals surface area contributed by atoms with Crippen LogP contribution in [0.5, 0.6) is 0 Å². The Morgan fingerprint density at radius 1 is 1.45 bits per heavy atom. The molecule has 2 aromatic rings. The van der Waals surface area contributed by atoms with Crippen LogP contribution in [0.4, 0.5) is 10.1 Å². The van der Waals surface area contributed by atoms with Crippen molar-refractivity contribution in [1.29, 1.82) is 0 Å². The van der Waals surface area contributed by atoms with Crippen molar-refractivity contribution >= 4 is 23.2 Å². The van der Waals surface area contributed by atoms with Gasteiger partial charge in [0.1, 0.15) is 5.82 Å². The van der Waals surface area contributed by atoms with E-state index in [2.05, 4.69) is 10.4 Å². The minimum absolute atomic E-state index is 0.112. The van der Waals surface area contributed by atoms with Gasteiger partial charge in [-0.3, -0.25) is 9.48 Å². The minimum Gasteiger partial charge on any atom is -0.323 e. The molecule has 0 aliphatic carbocycles. The van der Waals surface area contributed by atoms with E-state index in [4.69, 9.17) is 11.6 Å². The molecule has 0 aliphatic heterocycles. The Morgan fingerprint density at radius 3 is 2.70 bits per heavy atom. The highest BCUT2D eigenvalue weighted by atomic mass is 35.5. The summed E-state index contributed by atoms with van der Waals surface area (Å²) >= 11 is 5.91. The third-order valence-corrected chi connectivity index (χ3v) is 3.53. The van der Waals surface area contributed by atoms with Crippen LogP contribution in [0.3, 0.4) is 0 Å². The summed E-state index contributed by atoms with van der Waals surface area (Å²) in [6.45, 7) is 3.66. The van der Waals surface area contributed by atoms with Gasteiger partial charge >= 0.3 is 0 Å². The number of hydrogen-bond donors (Lipinski definition) is 1. The van der Waals surface area contributed by atoms with Crippen LogP contribution >= 0.6 is 11.6 Å². The molecule has 6 heteroatoms. The number of aryl methyl sites for hydroxylation is 2. The summed E-state index contributed by atoms with van der Waals surface area (Å²) in [4.78, 5) is 12.0. The van der Waals surface area contributed by atoms with Gasteiger partial charge in [0.15, 0.2) is 0 Å². The lowest BCUT2D eigenvalue weighted by molar-refractivity contribution is -0.115. The van der Waals surface area contributed by atoms with Gasteiger partial charge in [-0.2, -0.15) is 5.10 Å². The van der Waals surface area contributed by atoms with E-state index in [1.54, 1.807) is 24.7 Å². The molecule has 0 saturated heterocycles. The van der Waals surface area contributed by atoms with Gasteiger partial charge in [-0.25, -0.2) is 4.39 Å². The molecule has 1 aromatic heterocycles. The lowest BCUT2D eigenvalue weighted by Crippen LogP contribution is -2.16. The number of nitrogens with zero attached hydrogens (tertiary/aromatic N) is 2. The molecular formula is C14H15ClFN3O. The smallest absolute Gasteiger partial charge is 0.229 e. The van der Waals surface area contributed by atoms with Gasteiger partial charge in [0.2, 0.25) is 5.91 Å². The fraction of sp³-hybridized carbons (Fsp3) is 0.286. The number of rotatable bonds is 3. The second-order valence-electron chi connectivity index (χ2n) is 4.59. The second kappa shape index (κ2) is 5.63. The van der Waals surface area contributed by atoms with E-state index in [0.717, 1.165) is 11.4 Å². The number of hydrogen-bond acceptors (Lipinski definition) is 2. The van der Waals surface area contributed by atoms with E-state index in [1.807, 2.05) is 6.92 Å². The van der Waals surface area contributed by atoms with Gasteiger partial charge < -0.3 is 5.32 Å². The number of carbonyl (C=O) groups is 1. The minimum atomic E-state index is -0.479. The molecule has 0 bridgehead atoms. The molecule has 0 radical (unpaired) electrons. The molecule has 1 heterocycles. The fourth-order valence-electron chi connectivity index (χ4n) is 2.00. The van der Waals surface area contributed by atoms with Crippen LogP contribution in [0.15, 0.2) is 18.2 Å². The number of amides is 1. The van der Waals surface area contributed by atoms with E-state index >= 15 is 0 Å². The van der Waals surface area contributed by atoms with E-state index in [1.165, 1.54) is 12.1 Å². The number of carbonyl (C=O) groups excluding carboxylic acids is 1. The van der Waals surface area contributed by atoms with Crippen LogP contribution in [0.1, 0.15) is 17.0 Å². The highest BCUT2D eigenvalue weighted by Crippen LogP contribution is 2.22. The molecule has 0 atom stereocenters. The molecule has 1 aromatic carbocycles. The monoisotopic (exact) mass is 295 g/mol. The number of anilines is 1. The zero-order chi connectivity index (χ0) is 14.9. The van der Waals surface area contributed by atoms with Crippen LogP contribution < -0.4 is 5.32 Å². The topological polar surface area (TPSA) is 46.9 Å². The maximum absolute atomic E-state index is 13.6. The van der Waals surface area contributed by atoms with Crippen molar-refractivity contribution in [3.8, 4) is 0 Å². The SMILES string of the molecule is Cc1nn(C)c(C)c1NC(=O)Cc1c(F)cccc1Cl. The van der Waals surface area contributed by atoms with Crippen molar-refractivity contribution in [2.24, 2.45) is 7.05 Å². The van der Waals surface area contributed by atoms with Gasteiger partial charge in [0.25, 0.3) is 0 Å². The quantitative estimate of drug-likeness (QED) is 0.946. The van der Waals surface area contributed by atoms with Gasteiger partial charge in [-0.1, -0.05) is 17.7 Å². The second-order valence-corrected chi connectivity index (χ2v) is 5.00. The van der Waals surface area contributed by atoms with Crippen LogP contribution in [-0.4, -0.2) is 15.7 Å². The lowest BCUT2D eigenvalue weighted by atomic mass is 10.1. The molecule has 1 amide bonds. The Hall–Kier alpha value is -1.88. The Balaban J connectivity index is 2.18. The number of aromatic nitrogens is 2. The summed E-state index contributed by atoms with van der Waals surface area (Å²) in [6, 6.07) is 4.36. The molecule has 2 rings (SSSR count). The molecule has 4 nitrogen and oxygen atoms in total. The molecule has 0 aliphatic rings. The highest BCUT2D eigenvalue weighted by Gasteiger charge is 2.15. The van der Waals surface area contributed by atoms with E-state index in [0.29, 0.717) is 5.69 Å². The van der Waals surface area contributed by atoms with Crippen molar-refractivity contribution in [3.63, 3.8) is 0 Å². The van der Waals surface area contributed by atoms with Gasteiger partial charge in [0.05, 0.1) is 23.5 Å². The zero-order valence-corrected chi connectivity index (χ0v) is 12.3. The third kappa shape index (κ3) is 2.82. The summed E-state index contributed by atoms with van der Waals surface area (Å²) in [5.74, 6) is -0.802. The molecule has 0 unspecified atom stereocenters. The first-order chi connectivity index (χ1) is 9.40. The molecular weight excluding hydrogens is 281 g/mol. The van der Waals surface area contributed by atoms with Crippen LogP contribution in [0.25, 0.3) is 0 Å². The van der Waals surface area contributed by atoms with Crippen molar-refractivity contribution < 1.29 is 9.18 Å². The predicted octanol–water partition coefficient (Wildman–Crippen LogP) is 3.01. The molecule has 0 saturated carbocycles. The summed E-state index contributed by atoms with van der Waals surface area (Å²) in [7, 11) is 1.80. The Labute approximate surface area is 121 Å². The molecule has 106 valence electrons. The van der Waals surface area contributed by atoms with Crippen LogP contribution in [-0.2, 0) is 18.3 Å². The van der Waals surface area contributed by atoms with Crippen LogP contribution in [0.2, 0.25) is 5.02 Å². The van der Waals surface area contributed by atoms with Gasteiger partial charge in [-0.05, 0) is 26.0 Å². The number of nitrogens with one attached hydrogen (secondary N) is 1. The average molecular weight is 296 g/mol. The summed E-state index contributed by atoms with van der Waals surface area (Å²) in [5.41, 5.74) is 2.42. The Morgan fingerprint density at radius 2 is 2.15 bits per heavy atom. The number of halogens is 2. The summed E-state index contributed by atoms with van der Waals surface area (Å²) < 4.78 is 15.3. The summed E-state index contributed by atoms with van der Waals surface area (Å²) in [6.07, 6.45) is -0.112. The largest absolute Gasteiger partial charge is 0.323 e. The molecule has 0 fully saturated rings. The van der Waals surface area contributed by atoms with Crippen molar-refractivity contribution in [2.45, 2.75) is 20.3 Å². The number of benzene rings is 1. The van der Waals surface area contributed by atoms with Gasteiger partial charge in [-0.15, -0.1) is 0 Å². The average Bonchev–Trinajstić information content (AvgIpc) is 2.61. The first-order valence-corrected chi connectivity index (χ1v) is 6.51. The van der Waals surface area contributed by atoms with Crippen molar-refractivity contribution in [1.82, 2.24) is 9.78 Å². The Kier molecular flexibility index (Phi) is 4.09. The van der Waals surface area contributed by atoms with Crippen LogP contribution in [0, 0.1) is 19.7 Å². The standard InChI is InChI=1S/C14H15ClFN3O/c1-8-14(9(2)19(3)18-8)17-13(20)7-10-11(15)5-4-6-12(10)16/h4-6H,7H2,1-3H3,(H,17,20). The van der Waals surface area contributed by atoms with Gasteiger partial charge in [0, 0.05) is 17.6 Å². The maximum atomic E-state index is 13.6. The van der Waals surface area contributed by atoms with E-state index < -0.39 is 5.82 Å². The molecule has 20 heavy (non-hydrogen) atoms. The molecule has 1 N–H and O–H groups in total.